The van der Waals surface area contributed by atoms with Gasteiger partial charge in [0.1, 0.15) is 5.82 Å². The Labute approximate surface area is 141 Å². The van der Waals surface area contributed by atoms with E-state index in [2.05, 4.69) is 31.8 Å². The zero-order valence-corrected chi connectivity index (χ0v) is 14.5. The number of hydrogen-bond donors (Lipinski definition) is 1. The molecule has 1 unspecified atom stereocenters. The van der Waals surface area contributed by atoms with Crippen molar-refractivity contribution in [3.8, 4) is 0 Å². The van der Waals surface area contributed by atoms with Crippen molar-refractivity contribution in [1.29, 1.82) is 0 Å². The average Bonchev–Trinajstić information content (AvgIpc) is 3.29. The summed E-state index contributed by atoms with van der Waals surface area (Å²) in [5, 5.41) is 19.7. The molecule has 1 atom stereocenters. The van der Waals surface area contributed by atoms with Crippen molar-refractivity contribution in [2.45, 2.75) is 43.6 Å². The lowest BCUT2D eigenvalue weighted by molar-refractivity contribution is 0.142. The Morgan fingerprint density at radius 3 is 2.74 bits per heavy atom. The van der Waals surface area contributed by atoms with E-state index in [9.17, 15) is 5.11 Å². The molecule has 124 valence electrons. The molecule has 0 bridgehead atoms. The number of likely N-dealkylation sites (N-methyl/N-ethyl adjacent to an activating group) is 1. The summed E-state index contributed by atoms with van der Waals surface area (Å²) in [5.74, 6) is 1.62. The van der Waals surface area contributed by atoms with Crippen LogP contribution in [-0.4, -0.2) is 50.2 Å². The molecule has 0 spiro atoms. The van der Waals surface area contributed by atoms with Gasteiger partial charge in [-0.1, -0.05) is 42.1 Å². The van der Waals surface area contributed by atoms with E-state index >= 15 is 0 Å². The summed E-state index contributed by atoms with van der Waals surface area (Å²) in [5.41, 5.74) is 1.26. The molecular formula is C17H24N4OS. The average molecular weight is 332 g/mol. The zero-order valence-electron chi connectivity index (χ0n) is 13.7. The van der Waals surface area contributed by atoms with Gasteiger partial charge in [0.2, 0.25) is 0 Å². The van der Waals surface area contributed by atoms with Crippen LogP contribution in [0.4, 0.5) is 0 Å². The third-order valence-corrected chi connectivity index (χ3v) is 5.06. The fraction of sp³-hybridized carbons (Fsp3) is 0.529. The molecule has 6 heteroatoms. The molecule has 0 saturated heterocycles. The molecule has 1 fully saturated rings. The molecule has 1 aromatic heterocycles. The summed E-state index contributed by atoms with van der Waals surface area (Å²) in [6.07, 6.45) is 2.06. The Hall–Kier alpha value is -1.37. The largest absolute Gasteiger partial charge is 0.391 e. The molecule has 2 aromatic rings. The van der Waals surface area contributed by atoms with Crippen LogP contribution >= 0.6 is 11.8 Å². The van der Waals surface area contributed by atoms with Crippen molar-refractivity contribution in [3.63, 3.8) is 0 Å². The normalized spacial score (nSPS) is 16.0. The number of nitrogens with zero attached hydrogens (tertiary/aromatic N) is 4. The van der Waals surface area contributed by atoms with E-state index in [0.717, 1.165) is 17.5 Å². The van der Waals surface area contributed by atoms with Crippen LogP contribution in [0.5, 0.6) is 0 Å². The number of aliphatic hydroxyl groups is 1. The Morgan fingerprint density at radius 1 is 1.30 bits per heavy atom. The third kappa shape index (κ3) is 4.56. The molecule has 3 rings (SSSR count). The quantitative estimate of drug-likeness (QED) is 0.753. The lowest BCUT2D eigenvalue weighted by Gasteiger charge is -2.20. The molecule has 0 aliphatic heterocycles. The third-order valence-electron chi connectivity index (χ3n) is 3.97. The standard InChI is InChI=1S/C17H24N4OS/c1-13-18-19-17(21(13)15-8-9-15)23-12-16(22)11-20(2)10-14-6-4-3-5-7-14/h3-7,15-16,22H,8-12H2,1-2H3. The summed E-state index contributed by atoms with van der Waals surface area (Å²) >= 11 is 1.61. The van der Waals surface area contributed by atoms with Crippen molar-refractivity contribution in [2.24, 2.45) is 0 Å². The van der Waals surface area contributed by atoms with Gasteiger partial charge in [-0.15, -0.1) is 10.2 Å². The van der Waals surface area contributed by atoms with E-state index in [1.807, 2.05) is 32.2 Å². The first-order valence-corrected chi connectivity index (χ1v) is 9.07. The van der Waals surface area contributed by atoms with Crippen LogP contribution in [0.3, 0.4) is 0 Å². The molecule has 0 radical (unpaired) electrons. The Kier molecular flexibility index (Phi) is 5.35. The maximum atomic E-state index is 10.3. The molecule has 1 N–H and O–H groups in total. The van der Waals surface area contributed by atoms with Crippen LogP contribution in [0.1, 0.15) is 30.3 Å². The van der Waals surface area contributed by atoms with Gasteiger partial charge in [0.15, 0.2) is 5.16 Å². The summed E-state index contributed by atoms with van der Waals surface area (Å²) in [6, 6.07) is 10.9. The molecule has 1 aromatic carbocycles. The molecule has 0 amide bonds. The maximum absolute atomic E-state index is 10.3. The molecule has 1 aliphatic carbocycles. The van der Waals surface area contributed by atoms with Gasteiger partial charge in [0, 0.05) is 24.9 Å². The highest BCUT2D eigenvalue weighted by atomic mass is 32.2. The van der Waals surface area contributed by atoms with Gasteiger partial charge in [-0.05, 0) is 32.4 Å². The zero-order chi connectivity index (χ0) is 16.2. The number of aromatic nitrogens is 3. The summed E-state index contributed by atoms with van der Waals surface area (Å²) in [7, 11) is 2.04. The highest BCUT2D eigenvalue weighted by Gasteiger charge is 2.28. The second kappa shape index (κ2) is 7.47. The number of hydrogen-bond acceptors (Lipinski definition) is 5. The number of aliphatic hydroxyl groups excluding tert-OH is 1. The molecule has 1 heterocycles. The van der Waals surface area contributed by atoms with Gasteiger partial charge in [-0.2, -0.15) is 0 Å². The van der Waals surface area contributed by atoms with E-state index in [4.69, 9.17) is 0 Å². The second-order valence-electron chi connectivity index (χ2n) is 6.28. The number of rotatable bonds is 8. The monoisotopic (exact) mass is 332 g/mol. The lowest BCUT2D eigenvalue weighted by Crippen LogP contribution is -2.30. The van der Waals surface area contributed by atoms with Gasteiger partial charge in [0.25, 0.3) is 0 Å². The van der Waals surface area contributed by atoms with Crippen LogP contribution in [0.2, 0.25) is 0 Å². The molecule has 23 heavy (non-hydrogen) atoms. The fourth-order valence-electron chi connectivity index (χ4n) is 2.74. The molecule has 1 saturated carbocycles. The highest BCUT2D eigenvalue weighted by molar-refractivity contribution is 7.99. The van der Waals surface area contributed by atoms with E-state index in [-0.39, 0.29) is 6.10 Å². The van der Waals surface area contributed by atoms with Crippen molar-refractivity contribution < 1.29 is 5.11 Å². The first kappa shape index (κ1) is 16.5. The smallest absolute Gasteiger partial charge is 0.191 e. The minimum absolute atomic E-state index is 0.377. The number of thioether (sulfide) groups is 1. The van der Waals surface area contributed by atoms with Gasteiger partial charge >= 0.3 is 0 Å². The van der Waals surface area contributed by atoms with Crippen LogP contribution in [0, 0.1) is 6.92 Å². The van der Waals surface area contributed by atoms with Crippen LogP contribution in [0.15, 0.2) is 35.5 Å². The van der Waals surface area contributed by atoms with Crippen LogP contribution in [-0.2, 0) is 6.54 Å². The Morgan fingerprint density at radius 2 is 2.04 bits per heavy atom. The van der Waals surface area contributed by atoms with E-state index in [1.54, 1.807) is 11.8 Å². The lowest BCUT2D eigenvalue weighted by atomic mass is 10.2. The SMILES string of the molecule is Cc1nnc(SCC(O)CN(C)Cc2ccccc2)n1C1CC1. The fourth-order valence-corrected chi connectivity index (χ4v) is 3.71. The van der Waals surface area contributed by atoms with E-state index in [0.29, 0.717) is 18.3 Å². The molecule has 1 aliphatic rings. The summed E-state index contributed by atoms with van der Waals surface area (Å²) in [4.78, 5) is 2.15. The molecule has 5 nitrogen and oxygen atoms in total. The highest BCUT2D eigenvalue weighted by Crippen LogP contribution is 2.38. The Bertz CT molecular complexity index is 627. The predicted octanol–water partition coefficient (Wildman–Crippen LogP) is 2.51. The Balaban J connectivity index is 1.47. The summed E-state index contributed by atoms with van der Waals surface area (Å²) < 4.78 is 2.21. The molecular weight excluding hydrogens is 308 g/mol. The first-order valence-electron chi connectivity index (χ1n) is 8.08. The number of benzene rings is 1. The number of aryl methyl sites for hydroxylation is 1. The minimum atomic E-state index is -0.377. The first-order chi connectivity index (χ1) is 11.1. The van der Waals surface area contributed by atoms with Gasteiger partial charge in [0.05, 0.1) is 6.10 Å². The van der Waals surface area contributed by atoms with Crippen molar-refractivity contribution in [1.82, 2.24) is 19.7 Å². The van der Waals surface area contributed by atoms with Crippen molar-refractivity contribution in [3.05, 3.63) is 41.7 Å². The van der Waals surface area contributed by atoms with Gasteiger partial charge < -0.3 is 9.67 Å². The predicted molar refractivity (Wildman–Crippen MR) is 92.5 cm³/mol. The summed E-state index contributed by atoms with van der Waals surface area (Å²) in [6.45, 7) is 3.50. The van der Waals surface area contributed by atoms with E-state index in [1.165, 1.54) is 18.4 Å². The van der Waals surface area contributed by atoms with E-state index < -0.39 is 0 Å². The van der Waals surface area contributed by atoms with Crippen molar-refractivity contribution in [2.75, 3.05) is 19.3 Å². The van der Waals surface area contributed by atoms with Crippen molar-refractivity contribution >= 4 is 11.8 Å². The van der Waals surface area contributed by atoms with Crippen LogP contribution < -0.4 is 0 Å². The minimum Gasteiger partial charge on any atom is -0.391 e. The van der Waals surface area contributed by atoms with Crippen LogP contribution in [0.25, 0.3) is 0 Å². The second-order valence-corrected chi connectivity index (χ2v) is 7.27. The topological polar surface area (TPSA) is 54.2 Å². The van der Waals surface area contributed by atoms with Gasteiger partial charge in [-0.3, -0.25) is 4.90 Å². The van der Waals surface area contributed by atoms with Gasteiger partial charge in [-0.25, -0.2) is 0 Å². The maximum Gasteiger partial charge on any atom is 0.191 e.